The molecule has 2 N–H and O–H groups in total. The minimum Gasteiger partial charge on any atom is -0.477 e. The number of benzene rings is 2. The summed E-state index contributed by atoms with van der Waals surface area (Å²) in [5, 5.41) is 14.8. The predicted octanol–water partition coefficient (Wildman–Crippen LogP) is 5.03. The van der Waals surface area contributed by atoms with Gasteiger partial charge >= 0.3 is 5.97 Å². The van der Waals surface area contributed by atoms with Gasteiger partial charge in [0.25, 0.3) is 0 Å². The normalized spacial score (nSPS) is 13.8. The van der Waals surface area contributed by atoms with E-state index in [1.165, 1.54) is 0 Å². The maximum Gasteiger partial charge on any atom is 0.352 e. The van der Waals surface area contributed by atoms with Crippen LogP contribution in [-0.4, -0.2) is 59.4 Å². The molecule has 33 heavy (non-hydrogen) atoms. The van der Waals surface area contributed by atoms with Crippen LogP contribution < -0.4 is 5.43 Å². The number of hydrazone groups is 1. The van der Waals surface area contributed by atoms with Gasteiger partial charge in [0.1, 0.15) is 11.5 Å². The summed E-state index contributed by atoms with van der Waals surface area (Å²) in [6.07, 6.45) is 1.06. The summed E-state index contributed by atoms with van der Waals surface area (Å²) in [5.41, 5.74) is 5.70. The zero-order valence-electron chi connectivity index (χ0n) is 18.7. The fourth-order valence-corrected chi connectivity index (χ4v) is 3.91. The number of carboxylic acid groups (broad SMARTS) is 1. The number of fused-ring (bicyclic) bond motifs is 1. The summed E-state index contributed by atoms with van der Waals surface area (Å²) in [6, 6.07) is 12.8. The average molecular weight is 488 g/mol. The number of nitrogens with one attached hydrogen (secondary N) is 1. The molecule has 0 atom stereocenters. The first-order valence-corrected chi connectivity index (χ1v) is 11.6. The fraction of sp³-hybridized carbons (Fsp3) is 0.333. The van der Waals surface area contributed by atoms with Crippen LogP contribution in [0.1, 0.15) is 37.8 Å². The van der Waals surface area contributed by atoms with E-state index in [0.717, 1.165) is 30.8 Å². The summed E-state index contributed by atoms with van der Waals surface area (Å²) in [7, 11) is 0. The molecule has 1 heterocycles. The largest absolute Gasteiger partial charge is 0.477 e. The van der Waals surface area contributed by atoms with Gasteiger partial charge in [-0.15, -0.1) is 0 Å². The van der Waals surface area contributed by atoms with E-state index in [4.69, 9.17) is 28.2 Å². The van der Waals surface area contributed by atoms with E-state index in [2.05, 4.69) is 34.3 Å². The highest BCUT2D eigenvalue weighted by molar-refractivity contribution is 6.37. The number of rotatable bonds is 9. The lowest BCUT2D eigenvalue weighted by molar-refractivity contribution is -0.129. The number of carboxylic acids is 1. The molecule has 0 amide bonds. The van der Waals surface area contributed by atoms with Gasteiger partial charge in [-0.25, -0.2) is 9.79 Å². The molecule has 0 aliphatic carbocycles. The Bertz CT molecular complexity index is 1090. The molecule has 0 radical (unpaired) electrons. The molecule has 1 aliphatic heterocycles. The van der Waals surface area contributed by atoms with Gasteiger partial charge < -0.3 is 10.0 Å². The Labute approximate surface area is 203 Å². The van der Waals surface area contributed by atoms with Gasteiger partial charge in [-0.3, -0.25) is 10.4 Å². The number of hydrogen-bond acceptors (Lipinski definition) is 6. The third kappa shape index (κ3) is 6.63. The highest BCUT2D eigenvalue weighted by atomic mass is 35.5. The maximum atomic E-state index is 11.7. The molecule has 1 aliphatic rings. The summed E-state index contributed by atoms with van der Waals surface area (Å²) in [5.74, 6) is -0.619. The lowest BCUT2D eigenvalue weighted by Gasteiger charge is -2.17. The summed E-state index contributed by atoms with van der Waals surface area (Å²) in [4.78, 5) is 23.3. The second kappa shape index (κ2) is 11.9. The minimum absolute atomic E-state index is 0.0562. The third-order valence-electron chi connectivity index (χ3n) is 5.33. The zero-order valence-corrected chi connectivity index (χ0v) is 20.2. The second-order valence-corrected chi connectivity index (χ2v) is 8.31. The van der Waals surface area contributed by atoms with Crippen LogP contribution in [0.3, 0.4) is 0 Å². The van der Waals surface area contributed by atoms with Gasteiger partial charge in [-0.2, -0.15) is 5.10 Å². The molecule has 0 bridgehead atoms. The number of aliphatic imine (C=N–C) groups is 2. The number of hydrogen-bond donors (Lipinski definition) is 2. The van der Waals surface area contributed by atoms with E-state index < -0.39 is 5.97 Å². The van der Waals surface area contributed by atoms with Gasteiger partial charge in [0, 0.05) is 27.6 Å². The van der Waals surface area contributed by atoms with Crippen molar-refractivity contribution < 1.29 is 9.90 Å². The van der Waals surface area contributed by atoms with Crippen molar-refractivity contribution in [3.8, 4) is 0 Å². The SMILES string of the molecule is CCN(CC)CCC/C(=N\NC1=Nc2ccc(Cl)cc2C(c2ccccc2Cl)=NC1)C(=O)O. The summed E-state index contributed by atoms with van der Waals surface area (Å²) < 4.78 is 0. The molecule has 0 saturated carbocycles. The van der Waals surface area contributed by atoms with Crippen LogP contribution in [-0.2, 0) is 4.79 Å². The quantitative estimate of drug-likeness (QED) is 0.383. The Morgan fingerprint density at radius 2 is 1.91 bits per heavy atom. The average Bonchev–Trinajstić information content (AvgIpc) is 2.98. The Hall–Kier alpha value is -2.74. The van der Waals surface area contributed by atoms with Crippen molar-refractivity contribution in [2.45, 2.75) is 26.7 Å². The van der Waals surface area contributed by atoms with Crippen LogP contribution in [0, 0.1) is 0 Å². The Kier molecular flexibility index (Phi) is 9.00. The standard InChI is InChI=1S/C24H27Cl2N5O2/c1-3-31(4-2)13-7-10-21(24(32)33)29-30-22-15-27-23(17-8-5-6-9-19(17)26)18-14-16(25)11-12-20(18)28-22/h5-6,8-9,11-12,14H,3-4,7,10,13,15H2,1-2H3,(H,28,30)(H,32,33)/b29-21+. The van der Waals surface area contributed by atoms with Gasteiger partial charge in [-0.05, 0) is 50.3 Å². The molecule has 0 saturated heterocycles. The summed E-state index contributed by atoms with van der Waals surface area (Å²) in [6.45, 7) is 7.04. The lowest BCUT2D eigenvalue weighted by Crippen LogP contribution is -2.27. The van der Waals surface area contributed by atoms with E-state index in [9.17, 15) is 9.90 Å². The van der Waals surface area contributed by atoms with E-state index >= 15 is 0 Å². The number of carbonyl (C=O) groups is 1. The zero-order chi connectivity index (χ0) is 23.8. The van der Waals surface area contributed by atoms with Crippen LogP contribution in [0.5, 0.6) is 0 Å². The first kappa shape index (κ1) is 24.9. The Morgan fingerprint density at radius 1 is 1.15 bits per heavy atom. The van der Waals surface area contributed by atoms with Crippen LogP contribution >= 0.6 is 23.2 Å². The highest BCUT2D eigenvalue weighted by Gasteiger charge is 2.19. The van der Waals surface area contributed by atoms with Crippen LogP contribution in [0.25, 0.3) is 0 Å². The molecule has 0 unspecified atom stereocenters. The molecule has 0 aromatic heterocycles. The third-order valence-corrected chi connectivity index (χ3v) is 5.90. The number of nitrogens with zero attached hydrogens (tertiary/aromatic N) is 4. The van der Waals surface area contributed by atoms with E-state index in [-0.39, 0.29) is 12.3 Å². The molecule has 174 valence electrons. The topological polar surface area (TPSA) is 89.6 Å². The van der Waals surface area contributed by atoms with Crippen molar-refractivity contribution in [2.24, 2.45) is 15.1 Å². The van der Waals surface area contributed by atoms with Crippen molar-refractivity contribution in [1.82, 2.24) is 10.3 Å². The van der Waals surface area contributed by atoms with E-state index in [0.29, 0.717) is 40.1 Å². The monoisotopic (exact) mass is 487 g/mol. The van der Waals surface area contributed by atoms with Gasteiger partial charge in [0.2, 0.25) is 0 Å². The number of halogens is 2. The molecule has 7 nitrogen and oxygen atoms in total. The van der Waals surface area contributed by atoms with Crippen molar-refractivity contribution in [1.29, 1.82) is 0 Å². The van der Waals surface area contributed by atoms with E-state index in [1.807, 2.05) is 18.2 Å². The Balaban J connectivity index is 1.85. The number of aliphatic carboxylic acids is 1. The van der Waals surface area contributed by atoms with Gasteiger partial charge in [0.05, 0.1) is 17.9 Å². The Morgan fingerprint density at radius 3 is 2.61 bits per heavy atom. The molecule has 2 aromatic carbocycles. The maximum absolute atomic E-state index is 11.7. The molecule has 3 rings (SSSR count). The molecular weight excluding hydrogens is 461 g/mol. The molecule has 0 fully saturated rings. The van der Waals surface area contributed by atoms with Gasteiger partial charge in [-0.1, -0.05) is 55.2 Å². The van der Waals surface area contributed by atoms with Crippen molar-refractivity contribution >= 4 is 52.1 Å². The van der Waals surface area contributed by atoms with E-state index in [1.54, 1.807) is 24.3 Å². The first-order valence-electron chi connectivity index (χ1n) is 10.9. The minimum atomic E-state index is -1.05. The van der Waals surface area contributed by atoms with Gasteiger partial charge in [0.15, 0.2) is 0 Å². The lowest BCUT2D eigenvalue weighted by atomic mass is 10.0. The molecule has 2 aromatic rings. The van der Waals surface area contributed by atoms with Crippen LogP contribution in [0.15, 0.2) is 57.6 Å². The molecule has 0 spiro atoms. The smallest absolute Gasteiger partial charge is 0.352 e. The van der Waals surface area contributed by atoms with Crippen molar-refractivity contribution in [2.75, 3.05) is 26.2 Å². The number of amidine groups is 1. The second-order valence-electron chi connectivity index (χ2n) is 7.47. The predicted molar refractivity (Wildman–Crippen MR) is 136 cm³/mol. The van der Waals surface area contributed by atoms with Crippen molar-refractivity contribution in [3.63, 3.8) is 0 Å². The molecule has 9 heteroatoms. The molecular formula is C24H27Cl2N5O2. The van der Waals surface area contributed by atoms with Crippen LogP contribution in [0.4, 0.5) is 5.69 Å². The van der Waals surface area contributed by atoms with Crippen LogP contribution in [0.2, 0.25) is 10.0 Å². The first-order chi connectivity index (χ1) is 15.9. The van der Waals surface area contributed by atoms with Crippen molar-refractivity contribution in [3.05, 3.63) is 63.6 Å². The summed E-state index contributed by atoms with van der Waals surface area (Å²) >= 11 is 12.7. The highest BCUT2D eigenvalue weighted by Crippen LogP contribution is 2.30. The fourth-order valence-electron chi connectivity index (χ4n) is 3.51.